The fraction of sp³-hybridized carbons (Fsp3) is 0.459. The van der Waals surface area contributed by atoms with Gasteiger partial charge in [0.1, 0.15) is 24.1 Å². The summed E-state index contributed by atoms with van der Waals surface area (Å²) in [4.78, 5) is 17.7. The molecule has 4 heterocycles. The molecule has 2 bridgehead atoms. The Morgan fingerprint density at radius 2 is 1.81 bits per heavy atom. The van der Waals surface area contributed by atoms with Gasteiger partial charge in [-0.05, 0) is 69.3 Å². The number of piperazine rings is 1. The van der Waals surface area contributed by atoms with Crippen LogP contribution in [0.5, 0.6) is 23.0 Å². The minimum atomic E-state index is -0.550. The van der Waals surface area contributed by atoms with Gasteiger partial charge in [0.2, 0.25) is 6.79 Å². The average molecular weight is 867 g/mol. The minimum Gasteiger partial charge on any atom is -0.507 e. The third kappa shape index (κ3) is 5.78. The van der Waals surface area contributed by atoms with E-state index in [1.54, 1.807) is 7.11 Å². The quantitative estimate of drug-likeness (QED) is 0.246. The maximum absolute atomic E-state index is 13.2. The molecule has 3 aromatic carbocycles. The van der Waals surface area contributed by atoms with Crippen LogP contribution in [-0.4, -0.2) is 73.4 Å². The number of carbonyl (C=O) groups excluding carboxylic acids is 1. The number of phenolic OH excluding ortho intramolecular Hbond substituents is 1. The van der Waals surface area contributed by atoms with Gasteiger partial charge in [-0.25, -0.2) is 0 Å². The maximum Gasteiger partial charge on any atom is 0.306 e. The van der Waals surface area contributed by atoms with Gasteiger partial charge < -0.3 is 28.8 Å². The Kier molecular flexibility index (Phi) is 10.3. The van der Waals surface area contributed by atoms with E-state index in [9.17, 15) is 15.2 Å². The summed E-state index contributed by atoms with van der Waals surface area (Å²) in [5.74, 6) is 1.67. The largest absolute Gasteiger partial charge is 0.507 e. The molecule has 4 aliphatic heterocycles. The average Bonchev–Trinajstić information content (AvgIpc) is 3.56. The minimum absolute atomic E-state index is 0. The van der Waals surface area contributed by atoms with Crippen LogP contribution in [0.2, 0.25) is 0 Å². The first-order chi connectivity index (χ1) is 22.7. The number of rotatable bonds is 8. The van der Waals surface area contributed by atoms with Crippen molar-refractivity contribution in [3.05, 3.63) is 80.9 Å². The molecule has 0 saturated carbocycles. The van der Waals surface area contributed by atoms with E-state index in [-0.39, 0.29) is 101 Å². The molecule has 11 heteroatoms. The van der Waals surface area contributed by atoms with Gasteiger partial charge >= 0.3 is 5.97 Å². The van der Waals surface area contributed by atoms with Gasteiger partial charge in [-0.3, -0.25) is 14.6 Å². The molecule has 1 radical (unpaired) electrons. The Bertz CT molecular complexity index is 1760. The van der Waals surface area contributed by atoms with Gasteiger partial charge in [-0.2, -0.15) is 5.26 Å². The van der Waals surface area contributed by atoms with Crippen molar-refractivity contribution in [3.63, 3.8) is 0 Å². The van der Waals surface area contributed by atoms with E-state index in [2.05, 4.69) is 42.8 Å². The van der Waals surface area contributed by atoms with Crippen LogP contribution >= 0.6 is 0 Å². The molecule has 1 fully saturated rings. The van der Waals surface area contributed by atoms with E-state index in [0.717, 1.165) is 44.7 Å². The van der Waals surface area contributed by atoms with Crippen LogP contribution in [0.15, 0.2) is 36.4 Å². The van der Waals surface area contributed by atoms with Crippen molar-refractivity contribution in [1.82, 2.24) is 9.80 Å². The number of methoxy groups -OCH3 is 1. The van der Waals surface area contributed by atoms with Crippen LogP contribution in [0.1, 0.15) is 63.0 Å². The number of ether oxygens (including phenoxy) is 5. The van der Waals surface area contributed by atoms with Crippen molar-refractivity contribution in [2.75, 3.05) is 34.4 Å². The van der Waals surface area contributed by atoms with Crippen molar-refractivity contribution in [2.24, 2.45) is 0 Å². The van der Waals surface area contributed by atoms with E-state index in [1.165, 1.54) is 0 Å². The second-order valence-electron chi connectivity index (χ2n) is 13.1. The number of fused-ring (bicyclic) bond motifs is 9. The fourth-order valence-electron chi connectivity index (χ4n) is 8.29. The Morgan fingerprint density at radius 3 is 2.54 bits per heavy atom. The van der Waals surface area contributed by atoms with Crippen LogP contribution in [0, 0.1) is 76.2 Å². The summed E-state index contributed by atoms with van der Waals surface area (Å²) in [6, 6.07) is 13.1. The summed E-state index contributed by atoms with van der Waals surface area (Å²) < 4.78 is 29.6. The van der Waals surface area contributed by atoms with Crippen molar-refractivity contribution in [1.29, 1.82) is 5.26 Å². The first-order valence-electron chi connectivity index (χ1n) is 16.2. The Morgan fingerprint density at radius 1 is 1.06 bits per heavy atom. The van der Waals surface area contributed by atoms with E-state index < -0.39 is 12.1 Å². The number of aryl methyl sites for hydroxylation is 2. The molecular formula is C37H41AcN3O7. The van der Waals surface area contributed by atoms with Crippen molar-refractivity contribution >= 4 is 5.97 Å². The van der Waals surface area contributed by atoms with Crippen molar-refractivity contribution < 1.29 is 77.6 Å². The molecule has 1 saturated heterocycles. The standard InChI is InChI=1S/C37H41N3O7.Ac/c1-20-13-24-14-26-28(16-38)40-27(33(39(26)4)31(24)35(21(20)2)45-18-43-5)15-25-32(37-36(46-19-47-37)22(3)34(25)42)29(40)17-44-30(41)12-11-23-9-7-6-8-10-23;/h6-10,13,26-29,33,42H,11-12,14-15,17-19H2,1-5H3;/t26-,27?,28-,29-,33-;/m0./s1. The zero-order valence-corrected chi connectivity index (χ0v) is 32.9. The first kappa shape index (κ1) is 35.0. The number of likely N-dealkylation sites (N-methyl/N-ethyl adjacent to an activating group) is 1. The summed E-state index contributed by atoms with van der Waals surface area (Å²) in [6.45, 7) is 6.12. The molecule has 0 spiro atoms. The number of hydrogen-bond donors (Lipinski definition) is 1. The SMILES string of the molecule is COCOc1c(C)c(C)cc2c1[C@@H]1C3Cc4c(O)c(C)c5c(c4[C@H](COC(=O)CCc4ccccc4)N3[C@@H](C#N)[C@H](C2)N1C)OCO5.[Ac]. The van der Waals surface area contributed by atoms with E-state index in [4.69, 9.17) is 23.7 Å². The summed E-state index contributed by atoms with van der Waals surface area (Å²) in [7, 11) is 3.69. The number of phenols is 1. The van der Waals surface area contributed by atoms with E-state index in [1.807, 2.05) is 37.3 Å². The number of esters is 1. The summed E-state index contributed by atoms with van der Waals surface area (Å²) in [6.07, 6.45) is 1.90. The smallest absolute Gasteiger partial charge is 0.306 e. The van der Waals surface area contributed by atoms with Crippen LogP contribution in [-0.2, 0) is 33.5 Å². The van der Waals surface area contributed by atoms with Crippen LogP contribution in [0.4, 0.5) is 0 Å². The number of benzene rings is 3. The molecule has 7 rings (SSSR count). The van der Waals surface area contributed by atoms with Gasteiger partial charge in [-0.15, -0.1) is 0 Å². The molecule has 48 heavy (non-hydrogen) atoms. The zero-order valence-electron chi connectivity index (χ0n) is 28.1. The second-order valence-corrected chi connectivity index (χ2v) is 13.1. The molecule has 1 unspecified atom stereocenters. The summed E-state index contributed by atoms with van der Waals surface area (Å²) in [5.41, 5.74) is 7.54. The third-order valence-corrected chi connectivity index (χ3v) is 10.6. The monoisotopic (exact) mass is 866 g/mol. The van der Waals surface area contributed by atoms with Crippen LogP contribution < -0.4 is 14.2 Å². The van der Waals surface area contributed by atoms with Crippen LogP contribution in [0.3, 0.4) is 0 Å². The molecule has 3 aromatic rings. The predicted molar refractivity (Wildman–Crippen MR) is 173 cm³/mol. The molecule has 249 valence electrons. The summed E-state index contributed by atoms with van der Waals surface area (Å²) >= 11 is 0. The number of hydrogen-bond acceptors (Lipinski definition) is 10. The fourth-order valence-corrected chi connectivity index (χ4v) is 8.29. The predicted octanol–water partition coefficient (Wildman–Crippen LogP) is 4.98. The third-order valence-electron chi connectivity index (χ3n) is 10.6. The molecule has 5 atom stereocenters. The number of nitriles is 1. The Balaban J connectivity index is 0.00000401. The van der Waals surface area contributed by atoms with Crippen molar-refractivity contribution in [3.8, 4) is 29.1 Å². The molecule has 10 nitrogen and oxygen atoms in total. The van der Waals surface area contributed by atoms with Gasteiger partial charge in [0.05, 0.1) is 18.2 Å². The zero-order chi connectivity index (χ0) is 33.0. The Hall–Kier alpha value is -2.86. The van der Waals surface area contributed by atoms with Crippen molar-refractivity contribution in [2.45, 2.75) is 76.7 Å². The molecule has 0 aromatic heterocycles. The van der Waals surface area contributed by atoms with Gasteiger partial charge in [0.15, 0.2) is 18.3 Å². The molecule has 1 N–H and O–H groups in total. The van der Waals surface area contributed by atoms with E-state index in [0.29, 0.717) is 36.3 Å². The topological polar surface area (TPSA) is 114 Å². The van der Waals surface area contributed by atoms with Gasteiger partial charge in [-0.1, -0.05) is 36.4 Å². The number of carbonyl (C=O) groups is 1. The van der Waals surface area contributed by atoms with E-state index >= 15 is 0 Å². The normalized spacial score (nSPS) is 23.6. The second kappa shape index (κ2) is 14.2. The number of aromatic hydroxyl groups is 1. The van der Waals surface area contributed by atoms with Gasteiger partial charge in [0, 0.05) is 91.9 Å². The van der Waals surface area contributed by atoms with Crippen LogP contribution in [0.25, 0.3) is 0 Å². The molecule has 0 aliphatic carbocycles. The molecule has 0 amide bonds. The maximum atomic E-state index is 13.2. The first-order valence-corrected chi connectivity index (χ1v) is 16.2. The Labute approximate surface area is 317 Å². The summed E-state index contributed by atoms with van der Waals surface area (Å²) in [5, 5.41) is 22.5. The molecular weight excluding hydrogens is 825 g/mol. The van der Waals surface area contributed by atoms with Gasteiger partial charge in [0.25, 0.3) is 0 Å². The number of nitrogens with zero attached hydrogens (tertiary/aromatic N) is 3. The molecule has 4 aliphatic rings.